The van der Waals surface area contributed by atoms with E-state index in [4.69, 9.17) is 16.9 Å². The molecule has 1 aromatic rings. The molecule has 0 atom stereocenters. The summed E-state index contributed by atoms with van der Waals surface area (Å²) in [6, 6.07) is 4.66. The summed E-state index contributed by atoms with van der Waals surface area (Å²) in [5.41, 5.74) is 6.10. The van der Waals surface area contributed by atoms with Gasteiger partial charge in [-0.3, -0.25) is 0 Å². The van der Waals surface area contributed by atoms with Gasteiger partial charge in [0, 0.05) is 13.0 Å². The Labute approximate surface area is 82.9 Å². The summed E-state index contributed by atoms with van der Waals surface area (Å²) in [5, 5.41) is 0. The molecule has 0 aliphatic heterocycles. The highest BCUT2D eigenvalue weighted by Crippen LogP contribution is 2.18. The first kappa shape index (κ1) is 10.6. The number of rotatable bonds is 4. The first-order chi connectivity index (χ1) is 6.77. The van der Waals surface area contributed by atoms with Gasteiger partial charge in [0.2, 0.25) is 0 Å². The monoisotopic (exact) mass is 193 g/mol. The van der Waals surface area contributed by atoms with Crippen molar-refractivity contribution in [2.75, 3.05) is 6.61 Å². The zero-order valence-corrected chi connectivity index (χ0v) is 7.79. The Morgan fingerprint density at radius 1 is 1.50 bits per heavy atom. The van der Waals surface area contributed by atoms with Crippen molar-refractivity contribution in [1.82, 2.24) is 0 Å². The summed E-state index contributed by atoms with van der Waals surface area (Å²) in [4.78, 5) is 0. The number of nitrogens with two attached hydrogens (primary N) is 1. The van der Waals surface area contributed by atoms with Crippen LogP contribution in [0.3, 0.4) is 0 Å². The standard InChI is InChI=1S/C11H12FNO/c1-2-3-6-14-11-5-4-9(8-13)7-10(11)12/h1,4-5,7H,3,6,8,13H2. The molecule has 0 fully saturated rings. The quantitative estimate of drug-likeness (QED) is 0.583. The van der Waals surface area contributed by atoms with Gasteiger partial charge < -0.3 is 10.5 Å². The Balaban J connectivity index is 2.65. The van der Waals surface area contributed by atoms with Gasteiger partial charge in [0.15, 0.2) is 11.6 Å². The van der Waals surface area contributed by atoms with Crippen LogP contribution in [0.1, 0.15) is 12.0 Å². The second-order valence-corrected chi connectivity index (χ2v) is 2.77. The Morgan fingerprint density at radius 2 is 2.29 bits per heavy atom. The lowest BCUT2D eigenvalue weighted by atomic mass is 10.2. The van der Waals surface area contributed by atoms with Crippen LogP contribution in [-0.4, -0.2) is 6.61 Å². The lowest BCUT2D eigenvalue weighted by molar-refractivity contribution is 0.310. The van der Waals surface area contributed by atoms with E-state index in [-0.39, 0.29) is 5.75 Å². The lowest BCUT2D eigenvalue weighted by Gasteiger charge is -2.06. The largest absolute Gasteiger partial charge is 0.490 e. The van der Waals surface area contributed by atoms with Crippen molar-refractivity contribution in [2.24, 2.45) is 5.73 Å². The molecule has 0 radical (unpaired) electrons. The minimum absolute atomic E-state index is 0.220. The maximum atomic E-state index is 13.2. The fourth-order valence-electron chi connectivity index (χ4n) is 1.01. The summed E-state index contributed by atoms with van der Waals surface area (Å²) < 4.78 is 18.4. The van der Waals surface area contributed by atoms with E-state index >= 15 is 0 Å². The fraction of sp³-hybridized carbons (Fsp3) is 0.273. The van der Waals surface area contributed by atoms with Gasteiger partial charge in [0.05, 0.1) is 6.61 Å². The number of hydrogen-bond acceptors (Lipinski definition) is 2. The van der Waals surface area contributed by atoms with Crippen LogP contribution in [0.5, 0.6) is 5.75 Å². The van der Waals surface area contributed by atoms with Crippen molar-refractivity contribution in [3.05, 3.63) is 29.6 Å². The minimum atomic E-state index is -0.398. The van der Waals surface area contributed by atoms with Gasteiger partial charge in [-0.15, -0.1) is 12.3 Å². The van der Waals surface area contributed by atoms with E-state index in [0.29, 0.717) is 19.6 Å². The SMILES string of the molecule is C#CCCOc1ccc(CN)cc1F. The maximum Gasteiger partial charge on any atom is 0.165 e. The van der Waals surface area contributed by atoms with E-state index in [1.165, 1.54) is 6.07 Å². The first-order valence-corrected chi connectivity index (χ1v) is 4.32. The van der Waals surface area contributed by atoms with Crippen molar-refractivity contribution < 1.29 is 9.13 Å². The molecule has 2 nitrogen and oxygen atoms in total. The Hall–Kier alpha value is -1.53. The molecule has 0 amide bonds. The highest BCUT2D eigenvalue weighted by atomic mass is 19.1. The van der Waals surface area contributed by atoms with E-state index in [2.05, 4.69) is 5.92 Å². The molecule has 0 aliphatic rings. The van der Waals surface area contributed by atoms with E-state index in [0.717, 1.165) is 5.56 Å². The number of halogens is 1. The maximum absolute atomic E-state index is 13.2. The third-order valence-electron chi connectivity index (χ3n) is 1.74. The highest BCUT2D eigenvalue weighted by molar-refractivity contribution is 5.29. The van der Waals surface area contributed by atoms with Gasteiger partial charge >= 0.3 is 0 Å². The molecule has 14 heavy (non-hydrogen) atoms. The van der Waals surface area contributed by atoms with Crippen LogP contribution in [0.15, 0.2) is 18.2 Å². The van der Waals surface area contributed by atoms with Crippen molar-refractivity contribution >= 4 is 0 Å². The van der Waals surface area contributed by atoms with Crippen LogP contribution in [-0.2, 0) is 6.54 Å². The predicted molar refractivity (Wildman–Crippen MR) is 53.2 cm³/mol. The summed E-state index contributed by atoms with van der Waals surface area (Å²) >= 11 is 0. The minimum Gasteiger partial charge on any atom is -0.490 e. The number of terminal acetylenes is 1. The lowest BCUT2D eigenvalue weighted by Crippen LogP contribution is -2.01. The van der Waals surface area contributed by atoms with Gasteiger partial charge in [-0.2, -0.15) is 0 Å². The third kappa shape index (κ3) is 2.75. The summed E-state index contributed by atoms with van der Waals surface area (Å²) in [5.74, 6) is 2.23. The van der Waals surface area contributed by atoms with E-state index in [9.17, 15) is 4.39 Å². The van der Waals surface area contributed by atoms with Gasteiger partial charge in [-0.25, -0.2) is 4.39 Å². The molecular formula is C11H12FNO. The molecule has 0 unspecified atom stereocenters. The molecule has 74 valence electrons. The van der Waals surface area contributed by atoms with Crippen molar-refractivity contribution in [2.45, 2.75) is 13.0 Å². The zero-order valence-electron chi connectivity index (χ0n) is 7.79. The van der Waals surface area contributed by atoms with Gasteiger partial charge in [-0.1, -0.05) is 6.07 Å². The molecule has 0 bridgehead atoms. The van der Waals surface area contributed by atoms with Crippen LogP contribution >= 0.6 is 0 Å². The average molecular weight is 193 g/mol. The molecule has 0 saturated heterocycles. The Kier molecular flexibility index (Phi) is 3.96. The molecule has 0 aromatic heterocycles. The van der Waals surface area contributed by atoms with Gasteiger partial charge in [-0.05, 0) is 17.7 Å². The molecule has 0 saturated carbocycles. The molecule has 1 aromatic carbocycles. The Morgan fingerprint density at radius 3 is 2.86 bits per heavy atom. The van der Waals surface area contributed by atoms with Crippen molar-refractivity contribution in [1.29, 1.82) is 0 Å². The smallest absolute Gasteiger partial charge is 0.165 e. The topological polar surface area (TPSA) is 35.2 Å². The van der Waals surface area contributed by atoms with Crippen LogP contribution < -0.4 is 10.5 Å². The van der Waals surface area contributed by atoms with Crippen LogP contribution in [0.2, 0.25) is 0 Å². The Bertz CT molecular complexity index is 344. The van der Waals surface area contributed by atoms with Crippen LogP contribution in [0.4, 0.5) is 4.39 Å². The molecular weight excluding hydrogens is 181 g/mol. The van der Waals surface area contributed by atoms with Crippen molar-refractivity contribution in [3.63, 3.8) is 0 Å². The first-order valence-electron chi connectivity index (χ1n) is 4.32. The zero-order chi connectivity index (χ0) is 10.4. The van der Waals surface area contributed by atoms with E-state index < -0.39 is 5.82 Å². The van der Waals surface area contributed by atoms with Crippen LogP contribution in [0, 0.1) is 18.2 Å². The number of ether oxygens (including phenoxy) is 1. The molecule has 1 rings (SSSR count). The van der Waals surface area contributed by atoms with E-state index in [1.54, 1.807) is 12.1 Å². The van der Waals surface area contributed by atoms with Crippen molar-refractivity contribution in [3.8, 4) is 18.1 Å². The molecule has 3 heteroatoms. The molecule has 2 N–H and O–H groups in total. The third-order valence-corrected chi connectivity index (χ3v) is 1.74. The van der Waals surface area contributed by atoms with Crippen LogP contribution in [0.25, 0.3) is 0 Å². The average Bonchev–Trinajstić information content (AvgIpc) is 2.20. The van der Waals surface area contributed by atoms with Gasteiger partial charge in [0.25, 0.3) is 0 Å². The molecule has 0 heterocycles. The predicted octanol–water partition coefficient (Wildman–Crippen LogP) is 1.69. The molecule has 0 aliphatic carbocycles. The fourth-order valence-corrected chi connectivity index (χ4v) is 1.01. The molecule has 0 spiro atoms. The second kappa shape index (κ2) is 5.25. The summed E-state index contributed by atoms with van der Waals surface area (Å²) in [6.45, 7) is 0.650. The second-order valence-electron chi connectivity index (χ2n) is 2.77. The summed E-state index contributed by atoms with van der Waals surface area (Å²) in [6.07, 6.45) is 5.51. The summed E-state index contributed by atoms with van der Waals surface area (Å²) in [7, 11) is 0. The number of benzene rings is 1. The normalized spacial score (nSPS) is 9.50. The number of hydrogen-bond donors (Lipinski definition) is 1. The van der Waals surface area contributed by atoms with Gasteiger partial charge in [0.1, 0.15) is 0 Å². The highest BCUT2D eigenvalue weighted by Gasteiger charge is 2.03. The van der Waals surface area contributed by atoms with E-state index in [1.807, 2.05) is 0 Å².